The van der Waals surface area contributed by atoms with Gasteiger partial charge in [0.15, 0.2) is 6.61 Å². The molecule has 0 bridgehead atoms. The number of sulfonamides is 1. The largest absolute Gasteiger partial charge is 0.452 e. The zero-order chi connectivity index (χ0) is 20.5. The predicted octanol–water partition coefficient (Wildman–Crippen LogP) is 2.62. The Morgan fingerprint density at radius 1 is 1.36 bits per heavy atom. The van der Waals surface area contributed by atoms with E-state index < -0.39 is 28.5 Å². The van der Waals surface area contributed by atoms with Crippen molar-refractivity contribution in [2.24, 2.45) is 11.1 Å². The van der Waals surface area contributed by atoms with Crippen LogP contribution in [0.2, 0.25) is 0 Å². The molecule has 1 heterocycles. The van der Waals surface area contributed by atoms with Gasteiger partial charge in [0.2, 0.25) is 10.0 Å². The molecule has 1 aliphatic carbocycles. The van der Waals surface area contributed by atoms with Crippen molar-refractivity contribution in [2.75, 3.05) is 11.9 Å². The SMILES string of the molecule is Cc1ccc(NC(=O)COC(=O)c2csc3c2CC[C@H](C)C3)cc1S(N)(=O)=O. The van der Waals surface area contributed by atoms with E-state index >= 15 is 0 Å². The van der Waals surface area contributed by atoms with Gasteiger partial charge in [-0.1, -0.05) is 13.0 Å². The minimum atomic E-state index is -3.90. The van der Waals surface area contributed by atoms with Crippen LogP contribution in [-0.4, -0.2) is 26.9 Å². The van der Waals surface area contributed by atoms with E-state index in [1.165, 1.54) is 10.9 Å². The molecule has 1 amide bonds. The maximum atomic E-state index is 12.4. The number of esters is 1. The summed E-state index contributed by atoms with van der Waals surface area (Å²) in [7, 11) is -3.90. The number of amides is 1. The van der Waals surface area contributed by atoms with E-state index in [9.17, 15) is 18.0 Å². The Bertz CT molecular complexity index is 1030. The Morgan fingerprint density at radius 3 is 2.82 bits per heavy atom. The summed E-state index contributed by atoms with van der Waals surface area (Å²) in [5.74, 6) is -0.468. The second-order valence-electron chi connectivity index (χ2n) is 7.05. The van der Waals surface area contributed by atoms with Gasteiger partial charge >= 0.3 is 5.97 Å². The van der Waals surface area contributed by atoms with Gasteiger partial charge in [-0.05, 0) is 55.4 Å². The number of nitrogens with one attached hydrogen (secondary N) is 1. The number of primary sulfonamides is 1. The summed E-state index contributed by atoms with van der Waals surface area (Å²) in [6, 6.07) is 4.38. The van der Waals surface area contributed by atoms with E-state index in [-0.39, 0.29) is 10.6 Å². The van der Waals surface area contributed by atoms with Crippen LogP contribution in [-0.2, 0) is 32.4 Å². The van der Waals surface area contributed by atoms with Gasteiger partial charge in [-0.3, -0.25) is 4.79 Å². The third-order valence-corrected chi connectivity index (χ3v) is 6.84. The van der Waals surface area contributed by atoms with Gasteiger partial charge in [-0.25, -0.2) is 18.4 Å². The molecule has 1 aliphatic rings. The maximum Gasteiger partial charge on any atom is 0.339 e. The summed E-state index contributed by atoms with van der Waals surface area (Å²) in [5, 5.41) is 9.48. The lowest BCUT2D eigenvalue weighted by atomic mass is 9.88. The monoisotopic (exact) mass is 422 g/mol. The minimum Gasteiger partial charge on any atom is -0.452 e. The van der Waals surface area contributed by atoms with Crippen molar-refractivity contribution in [3.8, 4) is 0 Å². The number of aryl methyl sites for hydroxylation is 1. The first kappa shape index (κ1) is 20.5. The lowest BCUT2D eigenvalue weighted by Gasteiger charge is -2.18. The van der Waals surface area contributed by atoms with Gasteiger partial charge in [-0.15, -0.1) is 11.3 Å². The second-order valence-corrected chi connectivity index (χ2v) is 9.54. The van der Waals surface area contributed by atoms with Crippen LogP contribution < -0.4 is 10.5 Å². The molecule has 0 unspecified atom stereocenters. The molecular weight excluding hydrogens is 400 g/mol. The number of nitrogens with two attached hydrogens (primary N) is 1. The molecule has 28 heavy (non-hydrogen) atoms. The molecular formula is C19H22N2O5S2. The van der Waals surface area contributed by atoms with Gasteiger partial charge in [0.25, 0.3) is 5.91 Å². The fourth-order valence-corrected chi connectivity index (χ4v) is 5.28. The summed E-state index contributed by atoms with van der Waals surface area (Å²) >= 11 is 1.56. The molecule has 0 spiro atoms. The molecule has 9 heteroatoms. The van der Waals surface area contributed by atoms with E-state index in [0.717, 1.165) is 24.8 Å². The number of ether oxygens (including phenoxy) is 1. The number of carbonyl (C=O) groups excluding carboxylic acids is 2. The van der Waals surface area contributed by atoms with Crippen LogP contribution in [0.5, 0.6) is 0 Å². The molecule has 2 aromatic rings. The van der Waals surface area contributed by atoms with E-state index in [1.807, 2.05) is 0 Å². The van der Waals surface area contributed by atoms with Crippen molar-refractivity contribution in [2.45, 2.75) is 38.0 Å². The molecule has 0 aliphatic heterocycles. The molecule has 0 saturated heterocycles. The number of thiophene rings is 1. The first-order valence-corrected chi connectivity index (χ1v) is 11.3. The highest BCUT2D eigenvalue weighted by molar-refractivity contribution is 7.89. The highest BCUT2D eigenvalue weighted by Gasteiger charge is 2.24. The van der Waals surface area contributed by atoms with Crippen LogP contribution in [0.3, 0.4) is 0 Å². The summed E-state index contributed by atoms with van der Waals surface area (Å²) in [6.07, 6.45) is 2.84. The lowest BCUT2D eigenvalue weighted by Crippen LogP contribution is -2.22. The number of anilines is 1. The first-order valence-electron chi connectivity index (χ1n) is 8.85. The zero-order valence-electron chi connectivity index (χ0n) is 15.7. The van der Waals surface area contributed by atoms with Crippen molar-refractivity contribution in [1.29, 1.82) is 0 Å². The van der Waals surface area contributed by atoms with Crippen LogP contribution in [0.1, 0.15) is 39.7 Å². The van der Waals surface area contributed by atoms with Crippen LogP contribution in [0, 0.1) is 12.8 Å². The average molecular weight is 423 g/mol. The van der Waals surface area contributed by atoms with Crippen molar-refractivity contribution >= 4 is 38.9 Å². The molecule has 0 saturated carbocycles. The van der Waals surface area contributed by atoms with Crippen LogP contribution in [0.15, 0.2) is 28.5 Å². The number of fused-ring (bicyclic) bond motifs is 1. The molecule has 3 rings (SSSR count). The summed E-state index contributed by atoms with van der Waals surface area (Å²) in [6.45, 7) is 3.34. The highest BCUT2D eigenvalue weighted by Crippen LogP contribution is 2.33. The number of carbonyl (C=O) groups is 2. The highest BCUT2D eigenvalue weighted by atomic mass is 32.2. The Morgan fingerprint density at radius 2 is 2.11 bits per heavy atom. The predicted molar refractivity (Wildman–Crippen MR) is 107 cm³/mol. The van der Waals surface area contributed by atoms with E-state index in [2.05, 4.69) is 12.2 Å². The normalized spacial score (nSPS) is 16.3. The van der Waals surface area contributed by atoms with Gasteiger partial charge in [0, 0.05) is 15.9 Å². The molecule has 7 nitrogen and oxygen atoms in total. The van der Waals surface area contributed by atoms with Crippen molar-refractivity contribution in [1.82, 2.24) is 0 Å². The van der Waals surface area contributed by atoms with Gasteiger partial charge in [0.1, 0.15) is 0 Å². The maximum absolute atomic E-state index is 12.4. The smallest absolute Gasteiger partial charge is 0.339 e. The van der Waals surface area contributed by atoms with E-state index in [1.54, 1.807) is 35.8 Å². The summed E-state index contributed by atoms with van der Waals surface area (Å²) < 4.78 is 28.3. The summed E-state index contributed by atoms with van der Waals surface area (Å²) in [5.41, 5.74) is 2.30. The van der Waals surface area contributed by atoms with E-state index in [0.29, 0.717) is 17.0 Å². The lowest BCUT2D eigenvalue weighted by molar-refractivity contribution is -0.119. The minimum absolute atomic E-state index is 0.0681. The molecule has 1 aromatic heterocycles. The third-order valence-electron chi connectivity index (χ3n) is 4.73. The number of benzene rings is 1. The number of hydrogen-bond donors (Lipinski definition) is 2. The molecule has 1 aromatic carbocycles. The Hall–Kier alpha value is -2.23. The van der Waals surface area contributed by atoms with Crippen LogP contribution in [0.4, 0.5) is 5.69 Å². The van der Waals surface area contributed by atoms with Crippen molar-refractivity contribution in [3.05, 3.63) is 45.1 Å². The van der Waals surface area contributed by atoms with Crippen LogP contribution >= 0.6 is 11.3 Å². The fourth-order valence-electron chi connectivity index (χ4n) is 3.24. The van der Waals surface area contributed by atoms with Gasteiger partial charge < -0.3 is 10.1 Å². The standard InChI is InChI=1S/C19H22N2O5S2/c1-11-3-6-14-15(10-27-16(14)7-11)19(23)26-9-18(22)21-13-5-4-12(2)17(8-13)28(20,24)25/h4-5,8,10-11H,3,6-7,9H2,1-2H3,(H,21,22)(H2,20,24,25)/t11-/m0/s1. The molecule has 0 fully saturated rings. The molecule has 3 N–H and O–H groups in total. The molecule has 0 radical (unpaired) electrons. The quantitative estimate of drug-likeness (QED) is 0.719. The Labute approximate surface area is 167 Å². The van der Waals surface area contributed by atoms with Crippen molar-refractivity contribution in [3.63, 3.8) is 0 Å². The van der Waals surface area contributed by atoms with Gasteiger partial charge in [0.05, 0.1) is 10.5 Å². The fraction of sp³-hybridized carbons (Fsp3) is 0.368. The second kappa shape index (κ2) is 8.02. The van der Waals surface area contributed by atoms with Gasteiger partial charge in [-0.2, -0.15) is 0 Å². The molecule has 150 valence electrons. The zero-order valence-corrected chi connectivity index (χ0v) is 17.3. The third kappa shape index (κ3) is 4.60. The first-order chi connectivity index (χ1) is 13.1. The Balaban J connectivity index is 1.62. The Kier molecular flexibility index (Phi) is 5.87. The summed E-state index contributed by atoms with van der Waals surface area (Å²) in [4.78, 5) is 25.6. The van der Waals surface area contributed by atoms with Crippen LogP contribution in [0.25, 0.3) is 0 Å². The van der Waals surface area contributed by atoms with Crippen molar-refractivity contribution < 1.29 is 22.7 Å². The topological polar surface area (TPSA) is 116 Å². The molecule has 1 atom stereocenters. The average Bonchev–Trinajstić information content (AvgIpc) is 3.03. The number of rotatable bonds is 5. The number of hydrogen-bond acceptors (Lipinski definition) is 6. The van der Waals surface area contributed by atoms with E-state index in [4.69, 9.17) is 9.88 Å².